The molecular weight excluding hydrogens is 286 g/mol. The van der Waals surface area contributed by atoms with Crippen LogP contribution in [0.25, 0.3) is 11.5 Å². The van der Waals surface area contributed by atoms with Crippen LogP contribution >= 0.6 is 11.6 Å². The van der Waals surface area contributed by atoms with Crippen LogP contribution in [-0.4, -0.2) is 10.2 Å². The molecular formula is C16H16ClN3O. The van der Waals surface area contributed by atoms with E-state index >= 15 is 0 Å². The second-order valence-corrected chi connectivity index (χ2v) is 5.43. The van der Waals surface area contributed by atoms with Gasteiger partial charge in [0.2, 0.25) is 0 Å². The van der Waals surface area contributed by atoms with E-state index in [1.54, 1.807) is 0 Å². The molecule has 0 spiro atoms. The largest absolute Gasteiger partial charge is 0.460 e. The lowest BCUT2D eigenvalue weighted by Gasteiger charge is -2.09. The lowest BCUT2D eigenvalue weighted by atomic mass is 10.1. The van der Waals surface area contributed by atoms with Crippen molar-refractivity contribution in [3.05, 3.63) is 58.4 Å². The van der Waals surface area contributed by atoms with Crippen molar-refractivity contribution in [2.24, 2.45) is 0 Å². The van der Waals surface area contributed by atoms with Gasteiger partial charge in [0.25, 0.3) is 0 Å². The summed E-state index contributed by atoms with van der Waals surface area (Å²) in [6.07, 6.45) is 1.81. The van der Waals surface area contributed by atoms with Gasteiger partial charge in [-0.3, -0.25) is 5.10 Å². The quantitative estimate of drug-likeness (QED) is 0.743. The SMILES string of the molecule is Cc1ccc(-c2[nH]ncc2CNc2ccc(Cl)cc2C)o1. The Hall–Kier alpha value is -2.20. The highest BCUT2D eigenvalue weighted by atomic mass is 35.5. The fourth-order valence-electron chi connectivity index (χ4n) is 2.24. The number of anilines is 1. The van der Waals surface area contributed by atoms with Gasteiger partial charge < -0.3 is 9.73 Å². The number of aromatic amines is 1. The van der Waals surface area contributed by atoms with Crippen LogP contribution in [0.2, 0.25) is 5.02 Å². The van der Waals surface area contributed by atoms with Gasteiger partial charge in [0.15, 0.2) is 5.76 Å². The van der Waals surface area contributed by atoms with E-state index in [-0.39, 0.29) is 0 Å². The van der Waals surface area contributed by atoms with E-state index in [4.69, 9.17) is 16.0 Å². The molecule has 0 fully saturated rings. The molecule has 4 nitrogen and oxygen atoms in total. The lowest BCUT2D eigenvalue weighted by Crippen LogP contribution is -2.01. The summed E-state index contributed by atoms with van der Waals surface area (Å²) in [5.41, 5.74) is 4.13. The molecule has 3 aromatic rings. The van der Waals surface area contributed by atoms with Crippen LogP contribution in [0.15, 0.2) is 40.9 Å². The van der Waals surface area contributed by atoms with E-state index in [9.17, 15) is 0 Å². The van der Waals surface area contributed by atoms with Crippen molar-refractivity contribution < 1.29 is 4.42 Å². The van der Waals surface area contributed by atoms with Gasteiger partial charge in [-0.05, 0) is 49.7 Å². The number of hydrogen-bond donors (Lipinski definition) is 2. The minimum atomic E-state index is 0.661. The third kappa shape index (κ3) is 2.95. The third-order valence-electron chi connectivity index (χ3n) is 3.36. The molecule has 0 aliphatic carbocycles. The number of hydrogen-bond acceptors (Lipinski definition) is 3. The van der Waals surface area contributed by atoms with Crippen molar-refractivity contribution >= 4 is 17.3 Å². The first-order valence-corrected chi connectivity index (χ1v) is 7.10. The first-order valence-electron chi connectivity index (χ1n) is 6.72. The molecule has 0 saturated carbocycles. The van der Waals surface area contributed by atoms with Gasteiger partial charge in [-0.1, -0.05) is 11.6 Å². The average Bonchev–Trinajstić information content (AvgIpc) is 3.06. The Bertz CT molecular complexity index is 760. The van der Waals surface area contributed by atoms with E-state index in [0.717, 1.165) is 39.1 Å². The molecule has 0 amide bonds. The normalized spacial score (nSPS) is 10.8. The Morgan fingerprint density at radius 2 is 2.10 bits per heavy atom. The van der Waals surface area contributed by atoms with Crippen molar-refractivity contribution in [1.29, 1.82) is 0 Å². The fourth-order valence-corrected chi connectivity index (χ4v) is 2.47. The molecule has 21 heavy (non-hydrogen) atoms. The third-order valence-corrected chi connectivity index (χ3v) is 3.60. The highest BCUT2D eigenvalue weighted by Gasteiger charge is 2.11. The monoisotopic (exact) mass is 301 g/mol. The zero-order valence-electron chi connectivity index (χ0n) is 11.9. The van der Waals surface area contributed by atoms with Crippen LogP contribution in [-0.2, 0) is 6.54 Å². The Kier molecular flexibility index (Phi) is 3.71. The van der Waals surface area contributed by atoms with Gasteiger partial charge in [0, 0.05) is 22.8 Å². The maximum absolute atomic E-state index is 5.97. The average molecular weight is 302 g/mol. The molecule has 108 valence electrons. The van der Waals surface area contributed by atoms with Gasteiger partial charge in [-0.25, -0.2) is 0 Å². The molecule has 2 heterocycles. The first-order chi connectivity index (χ1) is 10.1. The number of benzene rings is 1. The summed E-state index contributed by atoms with van der Waals surface area (Å²) in [6, 6.07) is 9.68. The van der Waals surface area contributed by atoms with Crippen molar-refractivity contribution in [2.45, 2.75) is 20.4 Å². The van der Waals surface area contributed by atoms with Crippen LogP contribution in [0.5, 0.6) is 0 Å². The maximum atomic E-state index is 5.97. The van der Waals surface area contributed by atoms with Crippen LogP contribution in [0.1, 0.15) is 16.9 Å². The number of H-pyrrole nitrogens is 1. The second kappa shape index (κ2) is 5.66. The number of aromatic nitrogens is 2. The topological polar surface area (TPSA) is 53.9 Å². The fraction of sp³-hybridized carbons (Fsp3) is 0.188. The number of nitrogens with one attached hydrogen (secondary N) is 2. The van der Waals surface area contributed by atoms with Gasteiger partial charge >= 0.3 is 0 Å². The molecule has 0 radical (unpaired) electrons. The molecule has 1 aromatic carbocycles. The summed E-state index contributed by atoms with van der Waals surface area (Å²) in [4.78, 5) is 0. The molecule has 5 heteroatoms. The van der Waals surface area contributed by atoms with Crippen molar-refractivity contribution in [1.82, 2.24) is 10.2 Å². The first kappa shape index (κ1) is 13.8. The molecule has 0 aliphatic rings. The van der Waals surface area contributed by atoms with Crippen molar-refractivity contribution in [2.75, 3.05) is 5.32 Å². The second-order valence-electron chi connectivity index (χ2n) is 4.99. The van der Waals surface area contributed by atoms with E-state index in [0.29, 0.717) is 6.54 Å². The lowest BCUT2D eigenvalue weighted by molar-refractivity contribution is 0.545. The Balaban J connectivity index is 1.79. The summed E-state index contributed by atoms with van der Waals surface area (Å²) in [6.45, 7) is 4.61. The van der Waals surface area contributed by atoms with Crippen LogP contribution < -0.4 is 5.32 Å². The standard InChI is InChI=1S/C16H16ClN3O/c1-10-7-13(17)4-5-14(10)18-8-12-9-19-20-16(12)15-6-3-11(2)21-15/h3-7,9,18H,8H2,1-2H3,(H,19,20). The van der Waals surface area contributed by atoms with E-state index < -0.39 is 0 Å². The summed E-state index contributed by atoms with van der Waals surface area (Å²) in [5, 5.41) is 11.2. The predicted molar refractivity (Wildman–Crippen MR) is 84.5 cm³/mol. The molecule has 2 N–H and O–H groups in total. The Morgan fingerprint density at radius 1 is 1.24 bits per heavy atom. The van der Waals surface area contributed by atoms with Crippen LogP contribution in [0.4, 0.5) is 5.69 Å². The number of rotatable bonds is 4. The molecule has 0 aliphatic heterocycles. The van der Waals surface area contributed by atoms with E-state index in [1.165, 1.54) is 0 Å². The minimum Gasteiger partial charge on any atom is -0.460 e. The highest BCUT2D eigenvalue weighted by molar-refractivity contribution is 6.30. The summed E-state index contributed by atoms with van der Waals surface area (Å²) in [5.74, 6) is 1.68. The van der Waals surface area contributed by atoms with E-state index in [2.05, 4.69) is 15.5 Å². The Labute approximate surface area is 128 Å². The number of aryl methyl sites for hydroxylation is 2. The van der Waals surface area contributed by atoms with Crippen molar-refractivity contribution in [3.63, 3.8) is 0 Å². The Morgan fingerprint density at radius 3 is 2.81 bits per heavy atom. The van der Waals surface area contributed by atoms with E-state index in [1.807, 2.05) is 50.4 Å². The van der Waals surface area contributed by atoms with Crippen molar-refractivity contribution in [3.8, 4) is 11.5 Å². The zero-order valence-corrected chi connectivity index (χ0v) is 12.7. The number of halogens is 1. The zero-order chi connectivity index (χ0) is 14.8. The predicted octanol–water partition coefficient (Wildman–Crippen LogP) is 4.55. The molecule has 0 saturated heterocycles. The van der Waals surface area contributed by atoms with Gasteiger partial charge in [-0.2, -0.15) is 5.10 Å². The van der Waals surface area contributed by atoms with Crippen LogP contribution in [0.3, 0.4) is 0 Å². The number of furan rings is 1. The molecule has 0 atom stereocenters. The molecule has 2 aromatic heterocycles. The minimum absolute atomic E-state index is 0.661. The molecule has 3 rings (SSSR count). The molecule has 0 unspecified atom stereocenters. The number of nitrogens with zero attached hydrogens (tertiary/aromatic N) is 1. The summed E-state index contributed by atoms with van der Waals surface area (Å²) < 4.78 is 5.64. The maximum Gasteiger partial charge on any atom is 0.152 e. The molecule has 0 bridgehead atoms. The van der Waals surface area contributed by atoms with Gasteiger partial charge in [-0.15, -0.1) is 0 Å². The van der Waals surface area contributed by atoms with Gasteiger partial charge in [0.05, 0.1) is 6.20 Å². The summed E-state index contributed by atoms with van der Waals surface area (Å²) >= 11 is 5.97. The smallest absolute Gasteiger partial charge is 0.152 e. The summed E-state index contributed by atoms with van der Waals surface area (Å²) in [7, 11) is 0. The van der Waals surface area contributed by atoms with Gasteiger partial charge in [0.1, 0.15) is 11.5 Å². The van der Waals surface area contributed by atoms with Crippen LogP contribution in [0, 0.1) is 13.8 Å². The highest BCUT2D eigenvalue weighted by Crippen LogP contribution is 2.25.